The van der Waals surface area contributed by atoms with Crippen LogP contribution in [0.4, 0.5) is 17.1 Å². The van der Waals surface area contributed by atoms with Crippen molar-refractivity contribution in [1.82, 2.24) is 4.98 Å². The number of hydrogen-bond acceptors (Lipinski definition) is 4. The minimum absolute atomic E-state index is 0.654. The fourth-order valence-corrected chi connectivity index (χ4v) is 2.26. The molecule has 0 saturated carbocycles. The molecule has 21 heavy (non-hydrogen) atoms. The van der Waals surface area contributed by atoms with Crippen molar-refractivity contribution in [2.24, 2.45) is 0 Å². The summed E-state index contributed by atoms with van der Waals surface area (Å²) in [5, 5.41) is 4.44. The van der Waals surface area contributed by atoms with E-state index in [0.29, 0.717) is 12.3 Å². The molecule has 0 radical (unpaired) electrons. The number of rotatable bonds is 4. The normalized spacial score (nSPS) is 10.5. The zero-order valence-electron chi connectivity index (χ0n) is 11.8. The van der Waals surface area contributed by atoms with Crippen LogP contribution in [0.3, 0.4) is 0 Å². The Balaban J connectivity index is 1.96. The van der Waals surface area contributed by atoms with Crippen LogP contribution in [0.15, 0.2) is 54.7 Å². The first kappa shape index (κ1) is 13.2. The van der Waals surface area contributed by atoms with Crippen LogP contribution < -0.4 is 15.8 Å². The van der Waals surface area contributed by atoms with E-state index in [2.05, 4.69) is 10.3 Å². The molecule has 2 aromatic carbocycles. The third kappa shape index (κ3) is 2.89. The second-order valence-corrected chi connectivity index (χ2v) is 4.72. The van der Waals surface area contributed by atoms with Crippen molar-refractivity contribution in [1.29, 1.82) is 0 Å². The van der Waals surface area contributed by atoms with E-state index in [1.54, 1.807) is 6.20 Å². The highest BCUT2D eigenvalue weighted by Crippen LogP contribution is 2.27. The zero-order chi connectivity index (χ0) is 14.7. The van der Waals surface area contributed by atoms with Gasteiger partial charge in [-0.05, 0) is 43.3 Å². The molecule has 4 nitrogen and oxygen atoms in total. The number of ether oxygens (including phenoxy) is 1. The standard InChI is InChI=1S/C17H17N3O/c1-2-21-14-5-3-4-13(11-14)20-16-8-9-19-17-10-12(18)6-7-15(16)17/h3-11H,2,18H2,1H3,(H,19,20). The van der Waals surface area contributed by atoms with Crippen molar-refractivity contribution in [3.63, 3.8) is 0 Å². The van der Waals surface area contributed by atoms with E-state index in [0.717, 1.165) is 28.0 Å². The van der Waals surface area contributed by atoms with Gasteiger partial charge in [-0.25, -0.2) is 0 Å². The van der Waals surface area contributed by atoms with Gasteiger partial charge in [0.25, 0.3) is 0 Å². The number of nitrogens with one attached hydrogen (secondary N) is 1. The average molecular weight is 279 g/mol. The summed E-state index contributed by atoms with van der Waals surface area (Å²) in [7, 11) is 0. The second kappa shape index (κ2) is 5.71. The van der Waals surface area contributed by atoms with Gasteiger partial charge in [0.05, 0.1) is 12.1 Å². The first-order chi connectivity index (χ1) is 10.3. The van der Waals surface area contributed by atoms with E-state index in [4.69, 9.17) is 10.5 Å². The maximum atomic E-state index is 5.80. The highest BCUT2D eigenvalue weighted by Gasteiger charge is 2.03. The maximum absolute atomic E-state index is 5.80. The van der Waals surface area contributed by atoms with Crippen LogP contribution in [0, 0.1) is 0 Å². The number of benzene rings is 2. The van der Waals surface area contributed by atoms with E-state index < -0.39 is 0 Å². The number of nitrogens with zero attached hydrogens (tertiary/aromatic N) is 1. The van der Waals surface area contributed by atoms with Crippen LogP contribution >= 0.6 is 0 Å². The molecule has 0 fully saturated rings. The fourth-order valence-electron chi connectivity index (χ4n) is 2.26. The van der Waals surface area contributed by atoms with Crippen molar-refractivity contribution in [3.8, 4) is 5.75 Å². The Morgan fingerprint density at radius 1 is 1.14 bits per heavy atom. The third-order valence-electron chi connectivity index (χ3n) is 3.19. The zero-order valence-corrected chi connectivity index (χ0v) is 11.8. The topological polar surface area (TPSA) is 60.2 Å². The Morgan fingerprint density at radius 3 is 2.90 bits per heavy atom. The number of fused-ring (bicyclic) bond motifs is 1. The molecule has 3 aromatic rings. The fraction of sp³-hybridized carbons (Fsp3) is 0.118. The molecule has 0 aliphatic carbocycles. The van der Waals surface area contributed by atoms with Gasteiger partial charge in [-0.3, -0.25) is 4.98 Å². The first-order valence-electron chi connectivity index (χ1n) is 6.90. The van der Waals surface area contributed by atoms with Crippen molar-refractivity contribution in [3.05, 3.63) is 54.7 Å². The van der Waals surface area contributed by atoms with E-state index in [9.17, 15) is 0 Å². The molecule has 3 N–H and O–H groups in total. The Kier molecular flexibility index (Phi) is 3.60. The predicted molar refractivity (Wildman–Crippen MR) is 87.0 cm³/mol. The average Bonchev–Trinajstić information content (AvgIpc) is 2.48. The summed E-state index contributed by atoms with van der Waals surface area (Å²) in [5.74, 6) is 0.852. The Bertz CT molecular complexity index is 771. The van der Waals surface area contributed by atoms with Gasteiger partial charge in [-0.15, -0.1) is 0 Å². The summed E-state index contributed by atoms with van der Waals surface area (Å²) in [6.45, 7) is 2.63. The summed E-state index contributed by atoms with van der Waals surface area (Å²) in [6.07, 6.45) is 1.77. The molecule has 1 aromatic heterocycles. The Labute approximate surface area is 123 Å². The summed E-state index contributed by atoms with van der Waals surface area (Å²) in [6, 6.07) is 15.6. The molecule has 0 unspecified atom stereocenters. The molecule has 0 aliphatic rings. The van der Waals surface area contributed by atoms with Crippen molar-refractivity contribution >= 4 is 28.0 Å². The number of aromatic nitrogens is 1. The van der Waals surface area contributed by atoms with Crippen LogP contribution in [0.1, 0.15) is 6.92 Å². The van der Waals surface area contributed by atoms with Crippen molar-refractivity contribution < 1.29 is 4.74 Å². The summed E-state index contributed by atoms with van der Waals surface area (Å²) in [4.78, 5) is 4.35. The minimum atomic E-state index is 0.654. The van der Waals surface area contributed by atoms with Gasteiger partial charge in [-0.2, -0.15) is 0 Å². The molecule has 1 heterocycles. The van der Waals surface area contributed by atoms with Gasteiger partial charge in [-0.1, -0.05) is 6.07 Å². The highest BCUT2D eigenvalue weighted by atomic mass is 16.5. The lowest BCUT2D eigenvalue weighted by molar-refractivity contribution is 0.340. The third-order valence-corrected chi connectivity index (χ3v) is 3.19. The van der Waals surface area contributed by atoms with Gasteiger partial charge < -0.3 is 15.8 Å². The van der Waals surface area contributed by atoms with Gasteiger partial charge in [0.2, 0.25) is 0 Å². The highest BCUT2D eigenvalue weighted by molar-refractivity contribution is 5.94. The lowest BCUT2D eigenvalue weighted by Crippen LogP contribution is -1.95. The molecular weight excluding hydrogens is 262 g/mol. The Hall–Kier alpha value is -2.75. The van der Waals surface area contributed by atoms with Gasteiger partial charge in [0.1, 0.15) is 5.75 Å². The molecule has 3 rings (SSSR count). The Morgan fingerprint density at radius 2 is 2.05 bits per heavy atom. The molecule has 0 aliphatic heterocycles. The first-order valence-corrected chi connectivity index (χ1v) is 6.90. The van der Waals surface area contributed by atoms with E-state index in [1.807, 2.05) is 55.5 Å². The summed E-state index contributed by atoms with van der Waals surface area (Å²) >= 11 is 0. The molecule has 0 amide bonds. The minimum Gasteiger partial charge on any atom is -0.494 e. The molecular formula is C17H17N3O. The number of pyridine rings is 1. The molecule has 0 spiro atoms. The van der Waals surface area contributed by atoms with Gasteiger partial charge in [0.15, 0.2) is 0 Å². The lowest BCUT2D eigenvalue weighted by Gasteiger charge is -2.11. The molecule has 0 atom stereocenters. The van der Waals surface area contributed by atoms with Gasteiger partial charge in [0, 0.05) is 34.7 Å². The lowest BCUT2D eigenvalue weighted by atomic mass is 10.1. The number of anilines is 3. The van der Waals surface area contributed by atoms with Crippen LogP contribution in [0.5, 0.6) is 5.75 Å². The van der Waals surface area contributed by atoms with E-state index >= 15 is 0 Å². The molecule has 4 heteroatoms. The smallest absolute Gasteiger partial charge is 0.121 e. The van der Waals surface area contributed by atoms with Gasteiger partial charge >= 0.3 is 0 Å². The summed E-state index contributed by atoms with van der Waals surface area (Å²) in [5.41, 5.74) is 9.36. The van der Waals surface area contributed by atoms with Crippen LogP contribution in [0.25, 0.3) is 10.9 Å². The molecule has 0 saturated heterocycles. The van der Waals surface area contributed by atoms with Crippen molar-refractivity contribution in [2.75, 3.05) is 17.7 Å². The van der Waals surface area contributed by atoms with Crippen LogP contribution in [-0.2, 0) is 0 Å². The number of nitrogens with two attached hydrogens (primary N) is 1. The second-order valence-electron chi connectivity index (χ2n) is 4.72. The quantitative estimate of drug-likeness (QED) is 0.710. The maximum Gasteiger partial charge on any atom is 0.121 e. The van der Waals surface area contributed by atoms with Crippen LogP contribution in [0.2, 0.25) is 0 Å². The SMILES string of the molecule is CCOc1cccc(Nc2ccnc3cc(N)ccc23)c1. The van der Waals surface area contributed by atoms with E-state index in [1.165, 1.54) is 0 Å². The number of nitrogen functional groups attached to an aromatic ring is 1. The molecule has 0 bridgehead atoms. The largest absolute Gasteiger partial charge is 0.494 e. The van der Waals surface area contributed by atoms with E-state index in [-0.39, 0.29) is 0 Å². The number of hydrogen-bond donors (Lipinski definition) is 2. The van der Waals surface area contributed by atoms with Crippen LogP contribution in [-0.4, -0.2) is 11.6 Å². The van der Waals surface area contributed by atoms with Crippen molar-refractivity contribution in [2.45, 2.75) is 6.92 Å². The predicted octanol–water partition coefficient (Wildman–Crippen LogP) is 3.96. The monoisotopic (exact) mass is 279 g/mol. The summed E-state index contributed by atoms with van der Waals surface area (Å²) < 4.78 is 5.52. The molecule has 106 valence electrons.